The van der Waals surface area contributed by atoms with Crippen molar-refractivity contribution in [2.75, 3.05) is 0 Å². The Morgan fingerprint density at radius 1 is 1.14 bits per heavy atom. The van der Waals surface area contributed by atoms with Crippen LogP contribution in [0.5, 0.6) is 0 Å². The fourth-order valence-electron chi connectivity index (χ4n) is 3.07. The summed E-state index contributed by atoms with van der Waals surface area (Å²) in [6.45, 7) is 5.57. The molecule has 1 aromatic carbocycles. The average Bonchev–Trinajstić information content (AvgIpc) is 3.38. The Hall–Kier alpha value is -3.32. The lowest BCUT2D eigenvalue weighted by molar-refractivity contribution is 0.446. The number of nitrogens with one attached hydrogen (secondary N) is 2. The second-order valence-corrected chi connectivity index (χ2v) is 6.89. The number of nitrogens with zero attached hydrogens (tertiary/aromatic N) is 5. The molecule has 2 N–H and O–H groups in total. The highest BCUT2D eigenvalue weighted by atomic mass is 15.3. The van der Waals surface area contributed by atoms with E-state index < -0.39 is 0 Å². The van der Waals surface area contributed by atoms with E-state index in [2.05, 4.69) is 63.5 Å². The number of benzene rings is 1. The first-order valence-electron chi connectivity index (χ1n) is 9.32. The van der Waals surface area contributed by atoms with Gasteiger partial charge in [-0.05, 0) is 26.0 Å². The van der Waals surface area contributed by atoms with Crippen LogP contribution < -0.4 is 5.32 Å². The number of imidazole rings is 1. The van der Waals surface area contributed by atoms with E-state index >= 15 is 0 Å². The molecule has 7 heteroatoms. The second kappa shape index (κ2) is 8.14. The number of pyridine rings is 1. The molecule has 7 nitrogen and oxygen atoms in total. The topological polar surface area (TPSA) is 84.3 Å². The van der Waals surface area contributed by atoms with Crippen LogP contribution in [-0.4, -0.2) is 35.8 Å². The zero-order valence-electron chi connectivity index (χ0n) is 16.0. The number of aromatic nitrogens is 6. The van der Waals surface area contributed by atoms with Crippen LogP contribution >= 0.6 is 0 Å². The van der Waals surface area contributed by atoms with E-state index in [9.17, 15) is 0 Å². The fraction of sp³-hybridized carbons (Fsp3) is 0.238. The smallest absolute Gasteiger partial charge is 0.137 e. The normalized spacial score (nSPS) is 12.2. The van der Waals surface area contributed by atoms with E-state index in [1.807, 2.05) is 22.9 Å². The third-order valence-corrected chi connectivity index (χ3v) is 4.54. The molecular weight excluding hydrogens is 350 g/mol. The highest BCUT2D eigenvalue weighted by Gasteiger charge is 2.15. The molecule has 142 valence electrons. The number of hydrogen-bond donors (Lipinski definition) is 2. The van der Waals surface area contributed by atoms with Crippen LogP contribution in [0.15, 0.2) is 61.3 Å². The van der Waals surface area contributed by atoms with E-state index in [1.165, 1.54) is 5.56 Å². The fourth-order valence-corrected chi connectivity index (χ4v) is 3.07. The Morgan fingerprint density at radius 2 is 2.00 bits per heavy atom. The molecule has 0 bridgehead atoms. The molecule has 0 radical (unpaired) electrons. The van der Waals surface area contributed by atoms with Gasteiger partial charge in [-0.2, -0.15) is 5.10 Å². The lowest BCUT2D eigenvalue weighted by Gasteiger charge is -2.12. The molecule has 28 heavy (non-hydrogen) atoms. The van der Waals surface area contributed by atoms with Crippen LogP contribution in [0.25, 0.3) is 22.6 Å². The van der Waals surface area contributed by atoms with Crippen molar-refractivity contribution in [3.05, 3.63) is 72.7 Å². The molecule has 0 aliphatic carbocycles. The third-order valence-electron chi connectivity index (χ3n) is 4.54. The molecule has 0 spiro atoms. The van der Waals surface area contributed by atoms with Gasteiger partial charge in [-0.15, -0.1) is 0 Å². The summed E-state index contributed by atoms with van der Waals surface area (Å²) in [5.74, 6) is 0.877. The molecule has 0 unspecified atom stereocenters. The molecule has 0 amide bonds. The first kappa shape index (κ1) is 18.1. The maximum atomic E-state index is 4.86. The van der Waals surface area contributed by atoms with Crippen molar-refractivity contribution < 1.29 is 0 Å². The van der Waals surface area contributed by atoms with Crippen molar-refractivity contribution in [2.24, 2.45) is 0 Å². The first-order chi connectivity index (χ1) is 13.7. The Kier molecular flexibility index (Phi) is 5.25. The summed E-state index contributed by atoms with van der Waals surface area (Å²) in [6, 6.07) is 14.5. The minimum atomic E-state index is 0.230. The zero-order valence-corrected chi connectivity index (χ0v) is 16.0. The summed E-state index contributed by atoms with van der Waals surface area (Å²) in [7, 11) is 0. The van der Waals surface area contributed by atoms with Crippen molar-refractivity contribution in [1.82, 2.24) is 35.0 Å². The molecule has 0 saturated heterocycles. The van der Waals surface area contributed by atoms with Crippen LogP contribution in [0.4, 0.5) is 0 Å². The summed E-state index contributed by atoms with van der Waals surface area (Å²) in [4.78, 5) is 16.8. The maximum absolute atomic E-state index is 4.86. The summed E-state index contributed by atoms with van der Waals surface area (Å²) in [6.07, 6.45) is 5.07. The second-order valence-electron chi connectivity index (χ2n) is 6.89. The van der Waals surface area contributed by atoms with E-state index in [0.29, 0.717) is 6.54 Å². The first-order valence-corrected chi connectivity index (χ1v) is 9.32. The Balaban J connectivity index is 1.57. The van der Waals surface area contributed by atoms with Crippen LogP contribution in [0.1, 0.15) is 18.3 Å². The molecule has 3 aromatic heterocycles. The van der Waals surface area contributed by atoms with Gasteiger partial charge in [-0.25, -0.2) is 9.97 Å². The van der Waals surface area contributed by atoms with E-state index in [-0.39, 0.29) is 6.04 Å². The number of aromatic amines is 1. The molecule has 0 saturated carbocycles. The minimum Gasteiger partial charge on any atom is -0.339 e. The summed E-state index contributed by atoms with van der Waals surface area (Å²) in [5.41, 5.74) is 5.03. The van der Waals surface area contributed by atoms with Crippen LogP contribution in [0.3, 0.4) is 0 Å². The van der Waals surface area contributed by atoms with Crippen molar-refractivity contribution in [3.63, 3.8) is 0 Å². The van der Waals surface area contributed by atoms with Crippen LogP contribution in [-0.2, 0) is 13.1 Å². The minimum absolute atomic E-state index is 0.230. The monoisotopic (exact) mass is 373 g/mol. The van der Waals surface area contributed by atoms with Gasteiger partial charge < -0.3 is 10.3 Å². The molecule has 1 atom stereocenters. The molecular formula is C21H23N7. The summed E-state index contributed by atoms with van der Waals surface area (Å²) in [5, 5.41) is 7.64. The maximum Gasteiger partial charge on any atom is 0.137 e. The van der Waals surface area contributed by atoms with Gasteiger partial charge in [0.2, 0.25) is 0 Å². The van der Waals surface area contributed by atoms with Gasteiger partial charge >= 0.3 is 0 Å². The van der Waals surface area contributed by atoms with Crippen molar-refractivity contribution in [1.29, 1.82) is 0 Å². The number of aryl methyl sites for hydroxylation is 1. The molecule has 0 fully saturated rings. The Morgan fingerprint density at radius 3 is 2.71 bits per heavy atom. The zero-order chi connectivity index (χ0) is 19.3. The SMILES string of the molecule is Cc1ccc(-c2nc(CN[C@H](C)Cn3cncn3)[nH]c2-c2ccccn2)cc1. The van der Waals surface area contributed by atoms with Crippen molar-refractivity contribution in [2.45, 2.75) is 33.0 Å². The van der Waals surface area contributed by atoms with Gasteiger partial charge in [0, 0.05) is 17.8 Å². The third kappa shape index (κ3) is 4.15. The molecule has 0 aliphatic rings. The van der Waals surface area contributed by atoms with E-state index in [1.54, 1.807) is 18.9 Å². The van der Waals surface area contributed by atoms with Crippen LogP contribution in [0.2, 0.25) is 0 Å². The lowest BCUT2D eigenvalue weighted by Crippen LogP contribution is -2.30. The lowest BCUT2D eigenvalue weighted by atomic mass is 10.1. The van der Waals surface area contributed by atoms with Gasteiger partial charge in [0.15, 0.2) is 0 Å². The molecule has 4 rings (SSSR count). The Labute approximate surface area is 163 Å². The number of rotatable bonds is 7. The standard InChI is InChI=1S/C21H23N7/c1-15-6-8-17(9-7-15)20-21(18-5-3-4-10-23-18)27-19(26-20)11-24-16(2)12-28-14-22-13-25-28/h3-10,13-14,16,24H,11-12H2,1-2H3,(H,26,27)/t16-/m1/s1. The van der Waals surface area contributed by atoms with Gasteiger partial charge in [-0.1, -0.05) is 35.9 Å². The van der Waals surface area contributed by atoms with Gasteiger partial charge in [0.1, 0.15) is 18.5 Å². The summed E-state index contributed by atoms with van der Waals surface area (Å²) >= 11 is 0. The predicted molar refractivity (Wildman–Crippen MR) is 108 cm³/mol. The van der Waals surface area contributed by atoms with Crippen LogP contribution in [0, 0.1) is 6.92 Å². The van der Waals surface area contributed by atoms with E-state index in [4.69, 9.17) is 4.98 Å². The highest BCUT2D eigenvalue weighted by molar-refractivity contribution is 5.76. The molecule has 3 heterocycles. The predicted octanol–water partition coefficient (Wildman–Crippen LogP) is 3.22. The van der Waals surface area contributed by atoms with E-state index in [0.717, 1.165) is 35.0 Å². The largest absolute Gasteiger partial charge is 0.339 e. The summed E-state index contributed by atoms with van der Waals surface area (Å²) < 4.78 is 1.82. The molecule has 4 aromatic rings. The van der Waals surface area contributed by atoms with Gasteiger partial charge in [-0.3, -0.25) is 9.67 Å². The average molecular weight is 373 g/mol. The van der Waals surface area contributed by atoms with Gasteiger partial charge in [0.25, 0.3) is 0 Å². The quantitative estimate of drug-likeness (QED) is 0.520. The molecule has 0 aliphatic heterocycles. The van der Waals surface area contributed by atoms with Crippen molar-refractivity contribution >= 4 is 0 Å². The highest BCUT2D eigenvalue weighted by Crippen LogP contribution is 2.29. The van der Waals surface area contributed by atoms with Crippen molar-refractivity contribution in [3.8, 4) is 22.6 Å². The van der Waals surface area contributed by atoms with Gasteiger partial charge in [0.05, 0.1) is 30.2 Å². The number of hydrogen-bond acceptors (Lipinski definition) is 5. The Bertz CT molecular complexity index is 1000. The number of H-pyrrole nitrogens is 1.